The van der Waals surface area contributed by atoms with Crippen molar-refractivity contribution in [3.8, 4) is 6.07 Å². The van der Waals surface area contributed by atoms with Crippen LogP contribution in [0.4, 0.5) is 9.59 Å². The number of urea groups is 1. The van der Waals surface area contributed by atoms with Crippen LogP contribution in [0.3, 0.4) is 0 Å². The normalized spacial score (nSPS) is 34.0. The first-order valence-corrected chi connectivity index (χ1v) is 14.3. The molecule has 0 radical (unpaired) electrons. The molecule has 30 heavy (non-hydrogen) atoms. The largest absolute Gasteiger partial charge is 0.444 e. The molecule has 2 bridgehead atoms. The van der Waals surface area contributed by atoms with Gasteiger partial charge in [-0.1, -0.05) is 0 Å². The molecule has 1 unspecified atom stereocenters. The molecule has 8 nitrogen and oxygen atoms in total. The van der Waals surface area contributed by atoms with Crippen LogP contribution in [0.5, 0.6) is 0 Å². The number of rotatable bonds is 4. The fourth-order valence-corrected chi connectivity index (χ4v) is 6.62. The average molecular weight is 435 g/mol. The smallest absolute Gasteiger partial charge is 0.410 e. The van der Waals surface area contributed by atoms with Crippen LogP contribution in [-0.2, 0) is 9.16 Å². The first kappa shape index (κ1) is 21.4. The van der Waals surface area contributed by atoms with Crippen LogP contribution in [0.15, 0.2) is 0 Å². The second-order valence-corrected chi connectivity index (χ2v) is 16.0. The van der Waals surface area contributed by atoms with Gasteiger partial charge in [-0.25, -0.2) is 9.59 Å². The zero-order valence-electron chi connectivity index (χ0n) is 19.0. The van der Waals surface area contributed by atoms with Crippen LogP contribution in [0, 0.1) is 16.7 Å². The van der Waals surface area contributed by atoms with Crippen LogP contribution in [0.2, 0.25) is 19.6 Å². The summed E-state index contributed by atoms with van der Waals surface area (Å²) in [5.41, 5.74) is -0.731. The summed E-state index contributed by atoms with van der Waals surface area (Å²) in [6, 6.07) is 2.47. The van der Waals surface area contributed by atoms with Crippen molar-refractivity contribution in [1.29, 1.82) is 5.26 Å². The van der Waals surface area contributed by atoms with Gasteiger partial charge < -0.3 is 23.9 Å². The summed E-state index contributed by atoms with van der Waals surface area (Å²) in [6.45, 7) is 14.1. The highest BCUT2D eigenvalue weighted by molar-refractivity contribution is 6.69. The molecule has 0 aromatic heterocycles. The lowest BCUT2D eigenvalue weighted by Crippen LogP contribution is -2.78. The third-order valence-electron chi connectivity index (χ3n) is 6.77. The van der Waals surface area contributed by atoms with Crippen molar-refractivity contribution in [3.63, 3.8) is 0 Å². The van der Waals surface area contributed by atoms with Crippen molar-refractivity contribution in [2.24, 2.45) is 5.41 Å². The summed E-state index contributed by atoms with van der Waals surface area (Å²) in [6.07, 6.45) is 1.88. The summed E-state index contributed by atoms with van der Waals surface area (Å²) < 4.78 is 11.7. The van der Waals surface area contributed by atoms with E-state index in [9.17, 15) is 14.9 Å². The fraction of sp³-hybridized carbons (Fsp3) is 0.857. The molecule has 9 heteroatoms. The van der Waals surface area contributed by atoms with Gasteiger partial charge >= 0.3 is 12.1 Å². The Morgan fingerprint density at radius 3 is 2.37 bits per heavy atom. The summed E-state index contributed by atoms with van der Waals surface area (Å²) in [5.74, 6) is 0. The summed E-state index contributed by atoms with van der Waals surface area (Å²) in [4.78, 5) is 31.2. The van der Waals surface area contributed by atoms with E-state index in [-0.39, 0.29) is 35.2 Å². The number of amides is 3. The van der Waals surface area contributed by atoms with Gasteiger partial charge in [-0.05, 0) is 59.7 Å². The number of carbonyl (C=O) groups excluding carboxylic acids is 2. The number of carbonyl (C=O) groups is 2. The minimum Gasteiger partial charge on any atom is -0.444 e. The molecular formula is C21H34N4O4Si. The number of fused-ring (bicyclic) bond motifs is 1. The van der Waals surface area contributed by atoms with Crippen LogP contribution in [0.25, 0.3) is 0 Å². The Morgan fingerprint density at radius 2 is 1.83 bits per heavy atom. The Balaban J connectivity index is 1.38. The maximum absolute atomic E-state index is 13.1. The first-order valence-electron chi connectivity index (χ1n) is 10.9. The number of ether oxygens (including phenoxy) is 1. The second-order valence-electron chi connectivity index (χ2n) is 11.5. The molecule has 5 aliphatic rings. The highest BCUT2D eigenvalue weighted by atomic mass is 28.4. The van der Waals surface area contributed by atoms with Gasteiger partial charge in [-0.2, -0.15) is 5.26 Å². The van der Waals surface area contributed by atoms with Gasteiger partial charge in [-0.15, -0.1) is 0 Å². The predicted molar refractivity (Wildman–Crippen MR) is 113 cm³/mol. The van der Waals surface area contributed by atoms with E-state index in [0.29, 0.717) is 26.2 Å². The van der Waals surface area contributed by atoms with Crippen LogP contribution < -0.4 is 0 Å². The van der Waals surface area contributed by atoms with Crippen molar-refractivity contribution in [3.05, 3.63) is 0 Å². The molecule has 0 spiro atoms. The maximum atomic E-state index is 13.1. The van der Waals surface area contributed by atoms with Crippen LogP contribution >= 0.6 is 0 Å². The van der Waals surface area contributed by atoms with Gasteiger partial charge in [0.05, 0.1) is 12.1 Å². The molecule has 2 saturated heterocycles. The summed E-state index contributed by atoms with van der Waals surface area (Å²) >= 11 is 0. The van der Waals surface area contributed by atoms with Crippen molar-refractivity contribution >= 4 is 20.4 Å². The molecule has 5 rings (SSSR count). The standard InChI is InChI=1S/C21H34N4O4Si/c1-19(2,3)28-18(27)23-7-8-24-15(10-23)11-25(17(24)26)21-12-20(13-21,14-21)16(9-22)29-30(4,5)6/h15-16H,7-8,10-14H2,1-6H3/t15-,16?,20?,21?/m0/s1. The lowest BCUT2D eigenvalue weighted by molar-refractivity contribution is -0.231. The number of nitrogens with zero attached hydrogens (tertiary/aromatic N) is 4. The third-order valence-corrected chi connectivity index (χ3v) is 7.71. The molecule has 0 N–H and O–H groups in total. The minimum absolute atomic E-state index is 0.00809. The first-order chi connectivity index (χ1) is 13.8. The number of piperazine rings is 1. The Bertz CT molecular complexity index is 777. The SMILES string of the molecule is CC(C)(C)OC(=O)N1CCN2C(=O)N(C34CC(C(C#N)O[Si](C)(C)C)(C3)C4)C[C@@H]2C1. The predicted octanol–water partition coefficient (Wildman–Crippen LogP) is 3.01. The molecule has 3 aliphatic carbocycles. The quantitative estimate of drug-likeness (QED) is 0.635. The Labute approximate surface area is 180 Å². The molecule has 3 amide bonds. The van der Waals surface area contributed by atoms with Gasteiger partial charge in [0.1, 0.15) is 11.7 Å². The highest BCUT2D eigenvalue weighted by Crippen LogP contribution is 2.72. The van der Waals surface area contributed by atoms with Gasteiger partial charge in [0.2, 0.25) is 0 Å². The van der Waals surface area contributed by atoms with Gasteiger partial charge in [0, 0.05) is 37.1 Å². The molecule has 0 aromatic rings. The van der Waals surface area contributed by atoms with Crippen molar-refractivity contribution in [2.45, 2.75) is 83.0 Å². The van der Waals surface area contributed by atoms with Gasteiger partial charge in [0.15, 0.2) is 8.32 Å². The fourth-order valence-electron chi connectivity index (χ4n) is 5.61. The van der Waals surface area contributed by atoms with E-state index >= 15 is 0 Å². The Hall–Kier alpha value is -1.79. The Morgan fingerprint density at radius 1 is 1.20 bits per heavy atom. The van der Waals surface area contributed by atoms with E-state index in [0.717, 1.165) is 19.3 Å². The number of nitriles is 1. The number of hydrogen-bond acceptors (Lipinski definition) is 5. The molecular weight excluding hydrogens is 400 g/mol. The van der Waals surface area contributed by atoms with E-state index in [1.807, 2.05) is 30.6 Å². The van der Waals surface area contributed by atoms with Crippen LogP contribution in [0.1, 0.15) is 40.0 Å². The third kappa shape index (κ3) is 3.48. The molecule has 0 aromatic carbocycles. The van der Waals surface area contributed by atoms with Crippen molar-refractivity contribution in [1.82, 2.24) is 14.7 Å². The molecule has 2 heterocycles. The van der Waals surface area contributed by atoms with Crippen molar-refractivity contribution in [2.75, 3.05) is 26.2 Å². The van der Waals surface area contributed by atoms with Gasteiger partial charge in [-0.3, -0.25) is 0 Å². The highest BCUT2D eigenvalue weighted by Gasteiger charge is 2.75. The average Bonchev–Trinajstić information content (AvgIpc) is 2.85. The zero-order valence-corrected chi connectivity index (χ0v) is 20.0. The van der Waals surface area contributed by atoms with E-state index in [2.05, 4.69) is 25.7 Å². The van der Waals surface area contributed by atoms with E-state index in [4.69, 9.17) is 9.16 Å². The Kier molecular flexibility index (Phi) is 4.72. The van der Waals surface area contributed by atoms with Gasteiger partial charge in [0.25, 0.3) is 0 Å². The zero-order chi connectivity index (χ0) is 22.1. The summed E-state index contributed by atoms with van der Waals surface area (Å²) in [5, 5.41) is 9.66. The topological polar surface area (TPSA) is 86.1 Å². The second kappa shape index (κ2) is 6.60. The molecule has 3 saturated carbocycles. The summed E-state index contributed by atoms with van der Waals surface area (Å²) in [7, 11) is -1.80. The molecule has 2 atom stereocenters. The van der Waals surface area contributed by atoms with E-state index in [1.54, 1.807) is 4.90 Å². The monoisotopic (exact) mass is 434 g/mol. The maximum Gasteiger partial charge on any atom is 0.410 e. The van der Waals surface area contributed by atoms with E-state index < -0.39 is 13.9 Å². The molecule has 2 aliphatic heterocycles. The molecule has 166 valence electrons. The van der Waals surface area contributed by atoms with Crippen molar-refractivity contribution < 1.29 is 18.8 Å². The van der Waals surface area contributed by atoms with E-state index in [1.165, 1.54) is 0 Å². The lowest BCUT2D eigenvalue weighted by Gasteiger charge is -2.74. The lowest BCUT2D eigenvalue weighted by atomic mass is 9.37. The number of hydrogen-bond donors (Lipinski definition) is 0. The molecule has 5 fully saturated rings. The van der Waals surface area contributed by atoms with Crippen LogP contribution in [-0.4, -0.2) is 84.6 Å². The minimum atomic E-state index is -1.80.